The first-order valence-corrected chi connectivity index (χ1v) is 9.93. The third-order valence-corrected chi connectivity index (χ3v) is 5.24. The number of aromatic nitrogens is 2. The Hall–Kier alpha value is -3.42. The van der Waals surface area contributed by atoms with Crippen molar-refractivity contribution in [3.05, 3.63) is 77.6 Å². The van der Waals surface area contributed by atoms with Gasteiger partial charge in [-0.3, -0.25) is 4.79 Å². The van der Waals surface area contributed by atoms with E-state index < -0.39 is 11.9 Å². The minimum absolute atomic E-state index is 0.0886. The van der Waals surface area contributed by atoms with E-state index in [1.807, 2.05) is 49.4 Å². The van der Waals surface area contributed by atoms with Crippen LogP contribution < -0.4 is 5.32 Å². The van der Waals surface area contributed by atoms with E-state index in [1.165, 1.54) is 0 Å². The van der Waals surface area contributed by atoms with E-state index in [1.54, 1.807) is 11.0 Å². The molecule has 1 unspecified atom stereocenters. The van der Waals surface area contributed by atoms with Gasteiger partial charge < -0.3 is 10.2 Å². The Labute approximate surface area is 178 Å². The summed E-state index contributed by atoms with van der Waals surface area (Å²) in [5.74, 6) is -0.194. The topological polar surface area (TPSA) is 58.1 Å². The number of hydrogen-bond acceptors (Lipinski definition) is 4. The maximum atomic E-state index is 13.2. The van der Waals surface area contributed by atoms with Gasteiger partial charge in [0.2, 0.25) is 5.95 Å². The van der Waals surface area contributed by atoms with Crippen LogP contribution in [-0.2, 0) is 6.18 Å². The summed E-state index contributed by atoms with van der Waals surface area (Å²) in [7, 11) is 0. The number of carbonyl (C=O) groups is 1. The Morgan fingerprint density at radius 3 is 2.71 bits per heavy atom. The fraction of sp³-hybridized carbons (Fsp3) is 0.261. The quantitative estimate of drug-likeness (QED) is 0.651. The van der Waals surface area contributed by atoms with Crippen LogP contribution in [0.1, 0.15) is 28.0 Å². The summed E-state index contributed by atoms with van der Waals surface area (Å²) < 4.78 is 38.6. The van der Waals surface area contributed by atoms with Crippen molar-refractivity contribution in [2.75, 3.05) is 18.4 Å². The van der Waals surface area contributed by atoms with Crippen molar-refractivity contribution >= 4 is 11.9 Å². The third kappa shape index (κ3) is 4.68. The molecule has 8 heteroatoms. The molecule has 1 aliphatic rings. The zero-order chi connectivity index (χ0) is 22.0. The first-order chi connectivity index (χ1) is 14.8. The highest BCUT2D eigenvalue weighted by Crippen LogP contribution is 2.29. The maximum absolute atomic E-state index is 13.2. The maximum Gasteiger partial charge on any atom is 0.433 e. The molecule has 2 heterocycles. The number of nitrogens with one attached hydrogen (secondary N) is 1. The van der Waals surface area contributed by atoms with Crippen LogP contribution in [0.4, 0.5) is 19.1 Å². The predicted octanol–water partition coefficient (Wildman–Crippen LogP) is 4.80. The Balaban J connectivity index is 1.49. The summed E-state index contributed by atoms with van der Waals surface area (Å²) in [6, 6.07) is 16.0. The van der Waals surface area contributed by atoms with Gasteiger partial charge in [-0.05, 0) is 36.6 Å². The van der Waals surface area contributed by atoms with E-state index in [-0.39, 0.29) is 17.9 Å². The van der Waals surface area contributed by atoms with E-state index >= 15 is 0 Å². The zero-order valence-corrected chi connectivity index (χ0v) is 16.9. The summed E-state index contributed by atoms with van der Waals surface area (Å²) in [5, 5.41) is 2.93. The fourth-order valence-electron chi connectivity index (χ4n) is 3.74. The van der Waals surface area contributed by atoms with Crippen LogP contribution in [0.15, 0.2) is 60.8 Å². The van der Waals surface area contributed by atoms with Gasteiger partial charge >= 0.3 is 6.18 Å². The van der Waals surface area contributed by atoms with Crippen LogP contribution in [-0.4, -0.2) is 39.9 Å². The number of rotatable bonds is 4. The molecule has 0 aliphatic carbocycles. The number of aryl methyl sites for hydroxylation is 1. The molecule has 0 spiro atoms. The van der Waals surface area contributed by atoms with E-state index in [0.29, 0.717) is 25.1 Å². The van der Waals surface area contributed by atoms with E-state index in [0.717, 1.165) is 29.0 Å². The smallest absolute Gasteiger partial charge is 0.350 e. The van der Waals surface area contributed by atoms with Gasteiger partial charge in [0, 0.05) is 30.9 Å². The van der Waals surface area contributed by atoms with Crippen molar-refractivity contribution in [2.24, 2.45) is 0 Å². The molecule has 1 atom stereocenters. The largest absolute Gasteiger partial charge is 0.433 e. The van der Waals surface area contributed by atoms with Crippen LogP contribution in [0.2, 0.25) is 0 Å². The number of nitrogens with zero attached hydrogens (tertiary/aromatic N) is 3. The molecular weight excluding hydrogens is 405 g/mol. The van der Waals surface area contributed by atoms with Crippen molar-refractivity contribution in [2.45, 2.75) is 25.6 Å². The second kappa shape index (κ2) is 8.37. The number of likely N-dealkylation sites (tertiary alicyclic amines) is 1. The minimum atomic E-state index is -4.53. The number of carbonyl (C=O) groups excluding carboxylic acids is 1. The second-order valence-electron chi connectivity index (χ2n) is 7.56. The molecular formula is C23H21F3N4O. The molecule has 160 valence electrons. The molecule has 1 amide bonds. The third-order valence-electron chi connectivity index (χ3n) is 5.24. The molecule has 31 heavy (non-hydrogen) atoms. The molecule has 1 aliphatic heterocycles. The van der Waals surface area contributed by atoms with Crippen molar-refractivity contribution < 1.29 is 18.0 Å². The van der Waals surface area contributed by atoms with Gasteiger partial charge in [0.25, 0.3) is 5.91 Å². The molecule has 4 rings (SSSR count). The van der Waals surface area contributed by atoms with Crippen LogP contribution in [0.5, 0.6) is 0 Å². The van der Waals surface area contributed by atoms with Gasteiger partial charge in [-0.1, -0.05) is 48.0 Å². The molecule has 0 bridgehead atoms. The average Bonchev–Trinajstić information content (AvgIpc) is 3.21. The molecule has 2 aromatic carbocycles. The highest BCUT2D eigenvalue weighted by molar-refractivity contribution is 6.01. The Kier molecular flexibility index (Phi) is 5.63. The van der Waals surface area contributed by atoms with E-state index in [4.69, 9.17) is 0 Å². The molecule has 1 aromatic heterocycles. The number of hydrogen-bond donors (Lipinski definition) is 1. The standard InChI is InChI=1S/C23H21F3N4O/c1-15-5-4-6-16(13-15)18-7-2-3-8-19(18)21(31)30-12-10-17(14-30)28-22-27-11-9-20(29-22)23(24,25)26/h2-9,11,13,17H,10,12,14H2,1H3,(H,27,28,29). The van der Waals surface area contributed by atoms with Crippen molar-refractivity contribution in [3.8, 4) is 11.1 Å². The molecule has 0 radical (unpaired) electrons. The number of anilines is 1. The summed E-state index contributed by atoms with van der Waals surface area (Å²) >= 11 is 0. The first kappa shape index (κ1) is 20.8. The number of alkyl halides is 3. The molecule has 0 saturated carbocycles. The Morgan fingerprint density at radius 2 is 1.94 bits per heavy atom. The SMILES string of the molecule is Cc1cccc(-c2ccccc2C(=O)N2CCC(Nc3nccc(C(F)(F)F)n3)C2)c1. The highest BCUT2D eigenvalue weighted by Gasteiger charge is 2.33. The molecule has 1 fully saturated rings. The Morgan fingerprint density at radius 1 is 1.13 bits per heavy atom. The zero-order valence-electron chi connectivity index (χ0n) is 16.9. The molecule has 3 aromatic rings. The lowest BCUT2D eigenvalue weighted by Gasteiger charge is -2.19. The van der Waals surface area contributed by atoms with Gasteiger partial charge in [-0.15, -0.1) is 0 Å². The lowest BCUT2D eigenvalue weighted by atomic mass is 9.97. The summed E-state index contributed by atoms with van der Waals surface area (Å²) in [4.78, 5) is 22.4. The van der Waals surface area contributed by atoms with Crippen molar-refractivity contribution in [3.63, 3.8) is 0 Å². The van der Waals surface area contributed by atoms with Gasteiger partial charge in [0.05, 0.1) is 0 Å². The first-order valence-electron chi connectivity index (χ1n) is 9.93. The van der Waals surface area contributed by atoms with Crippen LogP contribution in [0, 0.1) is 6.92 Å². The van der Waals surface area contributed by atoms with Gasteiger partial charge in [0.1, 0.15) is 5.69 Å². The molecule has 1 saturated heterocycles. The second-order valence-corrected chi connectivity index (χ2v) is 7.56. The minimum Gasteiger partial charge on any atom is -0.350 e. The van der Waals surface area contributed by atoms with Crippen molar-refractivity contribution in [1.29, 1.82) is 0 Å². The van der Waals surface area contributed by atoms with E-state index in [2.05, 4.69) is 15.3 Å². The summed E-state index contributed by atoms with van der Waals surface area (Å²) in [5.41, 5.74) is 2.53. The normalized spacial score (nSPS) is 16.4. The number of amides is 1. The number of benzene rings is 2. The van der Waals surface area contributed by atoms with Crippen LogP contribution in [0.3, 0.4) is 0 Å². The predicted molar refractivity (Wildman–Crippen MR) is 112 cm³/mol. The van der Waals surface area contributed by atoms with Gasteiger partial charge in [-0.2, -0.15) is 13.2 Å². The van der Waals surface area contributed by atoms with Gasteiger partial charge in [-0.25, -0.2) is 9.97 Å². The van der Waals surface area contributed by atoms with Crippen molar-refractivity contribution in [1.82, 2.24) is 14.9 Å². The van der Waals surface area contributed by atoms with Gasteiger partial charge in [0.15, 0.2) is 0 Å². The summed E-state index contributed by atoms with van der Waals surface area (Å²) in [6.07, 6.45) is -2.86. The summed E-state index contributed by atoms with van der Waals surface area (Å²) in [6.45, 7) is 2.86. The highest BCUT2D eigenvalue weighted by atomic mass is 19.4. The van der Waals surface area contributed by atoms with Crippen LogP contribution >= 0.6 is 0 Å². The number of halogens is 3. The molecule has 1 N–H and O–H groups in total. The lowest BCUT2D eigenvalue weighted by Crippen LogP contribution is -2.32. The Bertz CT molecular complexity index is 1100. The lowest BCUT2D eigenvalue weighted by molar-refractivity contribution is -0.141. The fourth-order valence-corrected chi connectivity index (χ4v) is 3.74. The van der Waals surface area contributed by atoms with Crippen LogP contribution in [0.25, 0.3) is 11.1 Å². The monoisotopic (exact) mass is 426 g/mol. The molecule has 5 nitrogen and oxygen atoms in total. The van der Waals surface area contributed by atoms with E-state index in [9.17, 15) is 18.0 Å². The average molecular weight is 426 g/mol.